The van der Waals surface area contributed by atoms with Crippen LogP contribution in [0, 0.1) is 41.5 Å². The van der Waals surface area contributed by atoms with Gasteiger partial charge in [-0.1, -0.05) is 6.07 Å². The fourth-order valence-electron chi connectivity index (χ4n) is 7.70. The molecule has 0 radical (unpaired) electrons. The highest BCUT2D eigenvalue weighted by molar-refractivity contribution is 7.87. The standard InChI is InChI=1S/C51H44N10O11S3/c1-26-16-42(27(2)15-41(26)55-54-37-12-9-33-22-38(73(64,65)66)25-47(40(33)24-37)74(67,68)69)56-57-43-17-29(4)44(18-28(43)3)58-59-45-19-31(6)46(20-30(45)5)60-61-49-48(75(70,71)72)23-34-21-36(13-14-39(34)50(49)62)53-51(63)32-7-10-35(52)11-8-32/h7-25,62H,52H2,1-6H3,(H,53,63)(H,64,65,66)(H,67,68,69)(H,70,71,72). The molecule has 0 aliphatic rings. The number of carbonyl (C=O) groups is 1. The Hall–Kier alpha value is -8.52. The smallest absolute Gasteiger partial charge is 0.296 e. The van der Waals surface area contributed by atoms with E-state index in [0.717, 1.165) is 23.3 Å². The van der Waals surface area contributed by atoms with E-state index in [1.54, 1.807) is 69.3 Å². The SMILES string of the molecule is Cc1cc(N=Nc2cc(C)c(N=Nc3cc(C)c(N=Nc4c(S(=O)(=O)O)cc5cc(NC(=O)c6ccc(N)cc6)ccc5c4O)cc3C)cc2C)c(C)cc1N=Nc1ccc2cc(S(=O)(=O)O)cc(S(=O)(=O)O)c2c1. The molecule has 75 heavy (non-hydrogen) atoms. The third-order valence-electron chi connectivity index (χ3n) is 11.8. The Morgan fingerprint density at radius 1 is 0.453 bits per heavy atom. The number of nitrogens with zero attached hydrogens (tertiary/aromatic N) is 8. The van der Waals surface area contributed by atoms with Gasteiger partial charge in [0.2, 0.25) is 0 Å². The lowest BCUT2D eigenvalue weighted by Crippen LogP contribution is -2.11. The molecule has 0 unspecified atom stereocenters. The van der Waals surface area contributed by atoms with Gasteiger partial charge in [-0.3, -0.25) is 18.5 Å². The summed E-state index contributed by atoms with van der Waals surface area (Å²) in [5, 5.41) is 49.4. The van der Waals surface area contributed by atoms with Crippen LogP contribution in [0.5, 0.6) is 5.75 Å². The number of fused-ring (bicyclic) bond motifs is 2. The van der Waals surface area contributed by atoms with E-state index >= 15 is 0 Å². The van der Waals surface area contributed by atoms with Crippen LogP contribution in [0.3, 0.4) is 0 Å². The third-order valence-corrected chi connectivity index (χ3v) is 14.4. The van der Waals surface area contributed by atoms with Crippen LogP contribution >= 0.6 is 0 Å². The number of nitrogens with two attached hydrogens (primary N) is 1. The molecule has 0 aromatic heterocycles. The average Bonchev–Trinajstić information content (AvgIpc) is 3.33. The fraction of sp³-hybridized carbons (Fsp3) is 0.118. The number of amides is 1. The van der Waals surface area contributed by atoms with Crippen LogP contribution in [0.25, 0.3) is 21.5 Å². The first-order valence-corrected chi connectivity index (χ1v) is 26.5. The molecule has 0 fully saturated rings. The highest BCUT2D eigenvalue weighted by Gasteiger charge is 2.24. The molecule has 0 saturated heterocycles. The number of benzene rings is 8. The van der Waals surface area contributed by atoms with E-state index in [1.807, 2.05) is 32.9 Å². The van der Waals surface area contributed by atoms with Crippen molar-refractivity contribution in [2.45, 2.75) is 56.2 Å². The fourth-order valence-corrected chi connectivity index (χ4v) is 9.71. The van der Waals surface area contributed by atoms with Gasteiger partial charge in [0.1, 0.15) is 15.5 Å². The number of aryl methyl sites for hydroxylation is 6. The summed E-state index contributed by atoms with van der Waals surface area (Å²) in [6, 6.07) is 28.2. The Morgan fingerprint density at radius 2 is 0.907 bits per heavy atom. The Labute approximate surface area is 429 Å². The van der Waals surface area contributed by atoms with Gasteiger partial charge in [0.05, 0.1) is 44.7 Å². The van der Waals surface area contributed by atoms with Crippen molar-refractivity contribution in [1.29, 1.82) is 0 Å². The van der Waals surface area contributed by atoms with Gasteiger partial charge in [-0.05, 0) is 195 Å². The van der Waals surface area contributed by atoms with Crippen LogP contribution in [0.4, 0.5) is 56.9 Å². The molecule has 0 spiro atoms. The first-order valence-electron chi connectivity index (χ1n) is 22.2. The van der Waals surface area contributed by atoms with Crippen LogP contribution in [0.15, 0.2) is 171 Å². The van der Waals surface area contributed by atoms with E-state index in [9.17, 15) is 48.8 Å². The van der Waals surface area contributed by atoms with Gasteiger partial charge in [-0.2, -0.15) is 61.1 Å². The van der Waals surface area contributed by atoms with Crippen LogP contribution in [0.2, 0.25) is 0 Å². The van der Waals surface area contributed by atoms with E-state index in [2.05, 4.69) is 46.2 Å². The van der Waals surface area contributed by atoms with Crippen LogP contribution in [-0.4, -0.2) is 49.9 Å². The van der Waals surface area contributed by atoms with E-state index in [1.165, 1.54) is 36.4 Å². The first-order chi connectivity index (χ1) is 35.2. The maximum Gasteiger partial charge on any atom is 0.296 e. The van der Waals surface area contributed by atoms with E-state index in [4.69, 9.17) is 5.73 Å². The molecule has 8 aromatic carbocycles. The van der Waals surface area contributed by atoms with E-state index < -0.39 is 62.4 Å². The summed E-state index contributed by atoms with van der Waals surface area (Å²) in [6.45, 7) is 10.8. The predicted octanol–water partition coefficient (Wildman–Crippen LogP) is 13.8. The van der Waals surface area contributed by atoms with Crippen molar-refractivity contribution in [3.63, 3.8) is 0 Å². The Balaban J connectivity index is 0.973. The van der Waals surface area contributed by atoms with Gasteiger partial charge in [0, 0.05) is 27.7 Å². The average molecular weight is 1070 g/mol. The number of phenolic OH excluding ortho intramolecular Hbond substituents is 1. The van der Waals surface area contributed by atoms with Crippen LogP contribution in [-0.2, 0) is 30.4 Å². The first kappa shape index (κ1) is 52.8. The van der Waals surface area contributed by atoms with Gasteiger partial charge in [-0.15, -0.1) is 5.11 Å². The second-order valence-electron chi connectivity index (χ2n) is 17.4. The number of aromatic hydroxyl groups is 1. The highest BCUT2D eigenvalue weighted by Crippen LogP contribution is 2.43. The van der Waals surface area contributed by atoms with Crippen molar-refractivity contribution in [2.75, 3.05) is 11.1 Å². The molecule has 8 rings (SSSR count). The van der Waals surface area contributed by atoms with E-state index in [0.29, 0.717) is 79.4 Å². The number of hydrogen-bond donors (Lipinski definition) is 6. The summed E-state index contributed by atoms with van der Waals surface area (Å²) in [5.74, 6) is -1.01. The largest absolute Gasteiger partial charge is 0.505 e. The zero-order valence-electron chi connectivity index (χ0n) is 40.5. The summed E-state index contributed by atoms with van der Waals surface area (Å²) >= 11 is 0. The maximum absolute atomic E-state index is 12.8. The van der Waals surface area contributed by atoms with Crippen molar-refractivity contribution < 1.29 is 48.8 Å². The molecule has 0 bridgehead atoms. The van der Waals surface area contributed by atoms with Gasteiger partial charge in [0.25, 0.3) is 36.3 Å². The third kappa shape index (κ3) is 11.8. The van der Waals surface area contributed by atoms with Gasteiger partial charge < -0.3 is 16.2 Å². The molecule has 0 aliphatic carbocycles. The topological polar surface area (TPSA) is 337 Å². The summed E-state index contributed by atoms with van der Waals surface area (Å²) in [7, 11) is -14.6. The predicted molar refractivity (Wildman–Crippen MR) is 282 cm³/mol. The molecule has 7 N–H and O–H groups in total. The minimum atomic E-state index is -4.93. The molecule has 0 atom stereocenters. The van der Waals surface area contributed by atoms with Gasteiger partial charge in [-0.25, -0.2) is 0 Å². The molecule has 0 saturated carbocycles. The van der Waals surface area contributed by atoms with E-state index in [-0.39, 0.29) is 27.2 Å². The minimum Gasteiger partial charge on any atom is -0.505 e. The monoisotopic (exact) mass is 1070 g/mol. The highest BCUT2D eigenvalue weighted by atomic mass is 32.2. The van der Waals surface area contributed by atoms with Crippen molar-refractivity contribution in [1.82, 2.24) is 0 Å². The zero-order valence-corrected chi connectivity index (χ0v) is 42.9. The summed E-state index contributed by atoms with van der Waals surface area (Å²) in [6.07, 6.45) is 0. The molecular weight excluding hydrogens is 1020 g/mol. The van der Waals surface area contributed by atoms with Crippen molar-refractivity contribution in [2.24, 2.45) is 40.9 Å². The van der Waals surface area contributed by atoms with Crippen molar-refractivity contribution in [3.8, 4) is 5.75 Å². The lowest BCUT2D eigenvalue weighted by atomic mass is 10.1. The molecule has 1 amide bonds. The Morgan fingerprint density at radius 3 is 1.36 bits per heavy atom. The number of azo groups is 4. The molecule has 382 valence electrons. The Bertz CT molecular complexity index is 4180. The minimum absolute atomic E-state index is 0.0339. The number of anilines is 2. The lowest BCUT2D eigenvalue weighted by Gasteiger charge is -2.11. The molecule has 24 heteroatoms. The maximum atomic E-state index is 12.8. The quantitative estimate of drug-likeness (QED) is 0.0356. The number of hydrogen-bond acceptors (Lipinski definition) is 17. The summed E-state index contributed by atoms with van der Waals surface area (Å²) in [5.41, 5.74) is 13.7. The molecule has 0 heterocycles. The summed E-state index contributed by atoms with van der Waals surface area (Å²) < 4.78 is 102. The molecular formula is C51H44N10O11S3. The molecule has 8 aromatic rings. The van der Waals surface area contributed by atoms with Gasteiger partial charge >= 0.3 is 0 Å². The number of nitrogens with one attached hydrogen (secondary N) is 1. The van der Waals surface area contributed by atoms with Crippen molar-refractivity contribution in [3.05, 3.63) is 154 Å². The Kier molecular flexibility index (Phi) is 14.4. The second-order valence-corrected chi connectivity index (χ2v) is 21.6. The van der Waals surface area contributed by atoms with Crippen LogP contribution in [0.1, 0.15) is 43.7 Å². The summed E-state index contributed by atoms with van der Waals surface area (Å²) in [4.78, 5) is 10.7. The number of carbonyl (C=O) groups excluding carboxylic acids is 1. The van der Waals surface area contributed by atoms with Gasteiger partial charge in [0.15, 0.2) is 5.75 Å². The molecule has 0 aliphatic heterocycles. The number of phenols is 1. The number of rotatable bonds is 13. The lowest BCUT2D eigenvalue weighted by molar-refractivity contribution is 0.102. The number of nitrogen functional groups attached to an aromatic ring is 1. The zero-order chi connectivity index (χ0) is 54.3. The van der Waals surface area contributed by atoms with Crippen molar-refractivity contribution >= 4 is 115 Å². The second kappa shape index (κ2) is 20.4. The normalized spacial score (nSPS) is 12.6. The molecule has 21 nitrogen and oxygen atoms in total. The van der Waals surface area contributed by atoms with Crippen LogP contribution < -0.4 is 11.1 Å².